The van der Waals surface area contributed by atoms with Crippen molar-refractivity contribution in [2.24, 2.45) is 0 Å². The number of hydrogen-bond donors (Lipinski definition) is 1. The first-order valence-corrected chi connectivity index (χ1v) is 7.17. The molecule has 2 unspecified atom stereocenters. The quantitative estimate of drug-likeness (QED) is 0.701. The van der Waals surface area contributed by atoms with Crippen LogP contribution in [0.15, 0.2) is 0 Å². The summed E-state index contributed by atoms with van der Waals surface area (Å²) in [5.74, 6) is 0. The zero-order valence-electron chi connectivity index (χ0n) is 11.1. The SMILES string of the molecule is CCCCCOC1CCCCCCC1NC. The first-order valence-electron chi connectivity index (χ1n) is 7.17. The van der Waals surface area contributed by atoms with Gasteiger partial charge in [-0.25, -0.2) is 0 Å². The van der Waals surface area contributed by atoms with Gasteiger partial charge in [0.15, 0.2) is 0 Å². The Morgan fingerprint density at radius 3 is 2.50 bits per heavy atom. The Morgan fingerprint density at radius 1 is 1.06 bits per heavy atom. The lowest BCUT2D eigenvalue weighted by Gasteiger charge is -2.29. The molecule has 16 heavy (non-hydrogen) atoms. The lowest BCUT2D eigenvalue weighted by molar-refractivity contribution is 0.0134. The minimum absolute atomic E-state index is 0.460. The third-order valence-electron chi connectivity index (χ3n) is 3.65. The standard InChI is InChI=1S/C14H29NO/c1-3-4-9-12-16-14-11-8-6-5-7-10-13(14)15-2/h13-15H,3-12H2,1-2H3. The van der Waals surface area contributed by atoms with Gasteiger partial charge in [-0.3, -0.25) is 0 Å². The smallest absolute Gasteiger partial charge is 0.0727 e. The van der Waals surface area contributed by atoms with E-state index in [2.05, 4.69) is 19.3 Å². The summed E-state index contributed by atoms with van der Waals surface area (Å²) in [5, 5.41) is 3.44. The molecule has 0 heterocycles. The lowest BCUT2D eigenvalue weighted by Crippen LogP contribution is -2.40. The molecule has 0 bridgehead atoms. The number of hydrogen-bond acceptors (Lipinski definition) is 2. The number of likely N-dealkylation sites (N-methyl/N-ethyl adjacent to an activating group) is 1. The molecule has 0 aromatic carbocycles. The van der Waals surface area contributed by atoms with Crippen LogP contribution in [-0.4, -0.2) is 25.8 Å². The summed E-state index contributed by atoms with van der Waals surface area (Å²) >= 11 is 0. The van der Waals surface area contributed by atoms with Crippen molar-refractivity contribution in [3.8, 4) is 0 Å². The molecule has 0 aromatic heterocycles. The molecular weight excluding hydrogens is 198 g/mol. The average molecular weight is 227 g/mol. The van der Waals surface area contributed by atoms with Gasteiger partial charge < -0.3 is 10.1 Å². The van der Waals surface area contributed by atoms with Crippen molar-refractivity contribution in [1.82, 2.24) is 5.32 Å². The van der Waals surface area contributed by atoms with E-state index in [9.17, 15) is 0 Å². The van der Waals surface area contributed by atoms with Crippen LogP contribution in [0.5, 0.6) is 0 Å². The molecule has 2 heteroatoms. The Labute approximate surface area is 101 Å². The molecule has 1 aliphatic rings. The maximum Gasteiger partial charge on any atom is 0.0727 e. The fraction of sp³-hybridized carbons (Fsp3) is 1.00. The second kappa shape index (κ2) is 9.00. The van der Waals surface area contributed by atoms with Crippen LogP contribution in [0.25, 0.3) is 0 Å². The van der Waals surface area contributed by atoms with Crippen LogP contribution in [0.2, 0.25) is 0 Å². The molecule has 0 saturated heterocycles. The first-order chi connectivity index (χ1) is 7.88. The normalized spacial score (nSPS) is 27.4. The van der Waals surface area contributed by atoms with E-state index >= 15 is 0 Å². The van der Waals surface area contributed by atoms with E-state index in [1.165, 1.54) is 57.8 Å². The summed E-state index contributed by atoms with van der Waals surface area (Å²) in [7, 11) is 2.08. The molecular formula is C14H29NO. The van der Waals surface area contributed by atoms with E-state index in [1.807, 2.05) is 0 Å². The van der Waals surface area contributed by atoms with Gasteiger partial charge in [0.1, 0.15) is 0 Å². The van der Waals surface area contributed by atoms with Gasteiger partial charge in [0.25, 0.3) is 0 Å². The highest BCUT2D eigenvalue weighted by atomic mass is 16.5. The average Bonchev–Trinajstić information content (AvgIpc) is 2.27. The van der Waals surface area contributed by atoms with Crippen LogP contribution in [0, 0.1) is 0 Å². The third kappa shape index (κ3) is 5.31. The third-order valence-corrected chi connectivity index (χ3v) is 3.65. The first kappa shape index (κ1) is 14.0. The lowest BCUT2D eigenvalue weighted by atomic mass is 9.94. The molecule has 2 atom stereocenters. The Morgan fingerprint density at radius 2 is 1.81 bits per heavy atom. The van der Waals surface area contributed by atoms with E-state index in [1.54, 1.807) is 0 Å². The summed E-state index contributed by atoms with van der Waals surface area (Å²) in [4.78, 5) is 0. The highest BCUT2D eigenvalue weighted by molar-refractivity contribution is 4.78. The van der Waals surface area contributed by atoms with E-state index in [4.69, 9.17) is 4.74 Å². The summed E-state index contributed by atoms with van der Waals surface area (Å²) in [6.07, 6.45) is 12.3. The monoisotopic (exact) mass is 227 g/mol. The van der Waals surface area contributed by atoms with Crippen molar-refractivity contribution in [2.45, 2.75) is 76.9 Å². The summed E-state index contributed by atoms with van der Waals surface area (Å²) in [5.41, 5.74) is 0. The van der Waals surface area contributed by atoms with Gasteiger partial charge in [-0.15, -0.1) is 0 Å². The second-order valence-corrected chi connectivity index (χ2v) is 5.00. The molecule has 1 fully saturated rings. The van der Waals surface area contributed by atoms with Crippen LogP contribution in [0.1, 0.15) is 64.7 Å². The van der Waals surface area contributed by atoms with E-state index in [-0.39, 0.29) is 0 Å². The van der Waals surface area contributed by atoms with Gasteiger partial charge in [0, 0.05) is 12.6 Å². The molecule has 0 aliphatic heterocycles. The summed E-state index contributed by atoms with van der Waals surface area (Å²) in [6, 6.07) is 0.585. The predicted molar refractivity (Wildman–Crippen MR) is 69.8 cm³/mol. The second-order valence-electron chi connectivity index (χ2n) is 5.00. The maximum absolute atomic E-state index is 6.06. The summed E-state index contributed by atoms with van der Waals surface area (Å²) < 4.78 is 6.06. The van der Waals surface area contributed by atoms with Crippen LogP contribution >= 0.6 is 0 Å². The van der Waals surface area contributed by atoms with Gasteiger partial charge in [0.2, 0.25) is 0 Å². The molecule has 1 N–H and O–H groups in total. The minimum Gasteiger partial charge on any atom is -0.377 e. The summed E-state index contributed by atoms with van der Waals surface area (Å²) in [6.45, 7) is 3.20. The zero-order valence-corrected chi connectivity index (χ0v) is 11.1. The number of rotatable bonds is 6. The largest absolute Gasteiger partial charge is 0.377 e. The molecule has 0 spiro atoms. The Bertz CT molecular complexity index is 161. The molecule has 1 aliphatic carbocycles. The highest BCUT2D eigenvalue weighted by Gasteiger charge is 2.21. The molecule has 0 radical (unpaired) electrons. The van der Waals surface area contributed by atoms with E-state index in [0.29, 0.717) is 12.1 Å². The van der Waals surface area contributed by atoms with Crippen molar-refractivity contribution in [1.29, 1.82) is 0 Å². The Balaban J connectivity index is 2.26. The minimum atomic E-state index is 0.460. The van der Waals surface area contributed by atoms with Gasteiger partial charge in [-0.1, -0.05) is 45.4 Å². The van der Waals surface area contributed by atoms with Gasteiger partial charge in [0.05, 0.1) is 6.10 Å². The molecule has 1 saturated carbocycles. The van der Waals surface area contributed by atoms with Crippen LogP contribution in [0.4, 0.5) is 0 Å². The predicted octanol–water partition coefficient (Wildman–Crippen LogP) is 3.50. The van der Waals surface area contributed by atoms with Crippen molar-refractivity contribution in [3.05, 3.63) is 0 Å². The van der Waals surface area contributed by atoms with Crippen LogP contribution < -0.4 is 5.32 Å². The Hall–Kier alpha value is -0.0800. The molecule has 2 nitrogen and oxygen atoms in total. The number of ether oxygens (including phenoxy) is 1. The van der Waals surface area contributed by atoms with Crippen LogP contribution in [-0.2, 0) is 4.74 Å². The molecule has 96 valence electrons. The fourth-order valence-electron chi connectivity index (χ4n) is 2.57. The number of unbranched alkanes of at least 4 members (excludes halogenated alkanes) is 2. The van der Waals surface area contributed by atoms with E-state index in [0.717, 1.165) is 6.61 Å². The van der Waals surface area contributed by atoms with Crippen molar-refractivity contribution >= 4 is 0 Å². The Kier molecular flexibility index (Phi) is 7.87. The zero-order chi connectivity index (χ0) is 11.6. The number of nitrogens with one attached hydrogen (secondary N) is 1. The fourth-order valence-corrected chi connectivity index (χ4v) is 2.57. The maximum atomic E-state index is 6.06. The van der Waals surface area contributed by atoms with Gasteiger partial charge >= 0.3 is 0 Å². The highest BCUT2D eigenvalue weighted by Crippen LogP contribution is 2.20. The van der Waals surface area contributed by atoms with Gasteiger partial charge in [-0.2, -0.15) is 0 Å². The molecule has 0 amide bonds. The molecule has 0 aromatic rings. The topological polar surface area (TPSA) is 21.3 Å². The molecule has 1 rings (SSSR count). The van der Waals surface area contributed by atoms with Crippen molar-refractivity contribution in [3.63, 3.8) is 0 Å². The van der Waals surface area contributed by atoms with E-state index < -0.39 is 0 Å². The van der Waals surface area contributed by atoms with Crippen LogP contribution in [0.3, 0.4) is 0 Å². The van der Waals surface area contributed by atoms with Crippen molar-refractivity contribution < 1.29 is 4.74 Å². The van der Waals surface area contributed by atoms with Crippen molar-refractivity contribution in [2.75, 3.05) is 13.7 Å². The van der Waals surface area contributed by atoms with Gasteiger partial charge in [-0.05, 0) is 26.3 Å².